The van der Waals surface area contributed by atoms with Gasteiger partial charge < -0.3 is 0 Å². The van der Waals surface area contributed by atoms with Crippen molar-refractivity contribution in [1.82, 2.24) is 0 Å². The zero-order valence-electron chi connectivity index (χ0n) is 10.8. The van der Waals surface area contributed by atoms with Gasteiger partial charge in [0.2, 0.25) is 0 Å². The van der Waals surface area contributed by atoms with Crippen molar-refractivity contribution in [1.29, 1.82) is 0 Å². The fraction of sp³-hybridized carbons (Fsp3) is 0.500. The van der Waals surface area contributed by atoms with Gasteiger partial charge in [-0.25, -0.2) is 0 Å². The van der Waals surface area contributed by atoms with Crippen molar-refractivity contribution in [2.45, 2.75) is 52.9 Å². The van der Waals surface area contributed by atoms with Crippen molar-refractivity contribution in [3.63, 3.8) is 0 Å². The van der Waals surface area contributed by atoms with Crippen molar-refractivity contribution in [2.24, 2.45) is 0 Å². The second kappa shape index (κ2) is 7.12. The summed E-state index contributed by atoms with van der Waals surface area (Å²) in [6, 6.07) is 6.36. The Balaban J connectivity index is 2.50. The van der Waals surface area contributed by atoms with Crippen LogP contribution in [-0.2, 0) is 0 Å². The molecule has 1 aromatic carbocycles. The minimum atomic E-state index is 1.04. The molecule has 1 rings (SSSR count). The summed E-state index contributed by atoms with van der Waals surface area (Å²) in [5.74, 6) is 6.60. The Morgan fingerprint density at radius 1 is 1.00 bits per heavy atom. The summed E-state index contributed by atoms with van der Waals surface area (Å²) in [7, 11) is 0. The van der Waals surface area contributed by atoms with E-state index >= 15 is 0 Å². The van der Waals surface area contributed by atoms with Gasteiger partial charge in [-0.1, -0.05) is 56.2 Å². The Hall–Kier alpha value is -1.22. The van der Waals surface area contributed by atoms with Crippen LogP contribution in [0.1, 0.15) is 55.7 Å². The summed E-state index contributed by atoms with van der Waals surface area (Å²) in [5.41, 5.74) is 3.81. The van der Waals surface area contributed by atoms with E-state index in [0.717, 1.165) is 6.42 Å². The fourth-order valence-electron chi connectivity index (χ4n) is 1.80. The number of unbranched alkanes of at least 4 members (excludes halogenated alkanes) is 4. The van der Waals surface area contributed by atoms with Crippen molar-refractivity contribution in [3.8, 4) is 11.8 Å². The predicted molar refractivity (Wildman–Crippen MR) is 71.6 cm³/mol. The summed E-state index contributed by atoms with van der Waals surface area (Å²) in [5, 5.41) is 0. The Bertz CT molecular complexity index is 357. The van der Waals surface area contributed by atoms with Crippen LogP contribution in [0.4, 0.5) is 0 Å². The molecule has 0 aliphatic carbocycles. The lowest BCUT2D eigenvalue weighted by atomic mass is 10.0. The van der Waals surface area contributed by atoms with Crippen molar-refractivity contribution < 1.29 is 0 Å². The highest BCUT2D eigenvalue weighted by Crippen LogP contribution is 2.11. The van der Waals surface area contributed by atoms with Crippen molar-refractivity contribution in [2.75, 3.05) is 0 Å². The molecule has 0 radical (unpaired) electrons. The van der Waals surface area contributed by atoms with Gasteiger partial charge in [0.1, 0.15) is 0 Å². The van der Waals surface area contributed by atoms with E-state index in [1.165, 1.54) is 42.4 Å². The molecule has 0 aliphatic heterocycles. The van der Waals surface area contributed by atoms with Crippen LogP contribution in [0.2, 0.25) is 0 Å². The maximum Gasteiger partial charge on any atom is 0.0303 e. The van der Waals surface area contributed by atoms with Gasteiger partial charge in [-0.2, -0.15) is 0 Å². The molecule has 86 valence electrons. The molecule has 0 nitrogen and oxygen atoms in total. The summed E-state index contributed by atoms with van der Waals surface area (Å²) < 4.78 is 0. The quantitative estimate of drug-likeness (QED) is 0.506. The van der Waals surface area contributed by atoms with Crippen LogP contribution < -0.4 is 0 Å². The first-order chi connectivity index (χ1) is 7.75. The molecule has 0 N–H and O–H groups in total. The Morgan fingerprint density at radius 3 is 2.31 bits per heavy atom. The molecule has 0 bridgehead atoms. The first-order valence-electron chi connectivity index (χ1n) is 6.30. The lowest BCUT2D eigenvalue weighted by molar-refractivity contribution is 0.679. The maximum absolute atomic E-state index is 3.31. The average Bonchev–Trinajstić information content (AvgIpc) is 2.26. The molecular weight excluding hydrogens is 192 g/mol. The molecule has 16 heavy (non-hydrogen) atoms. The molecule has 0 spiro atoms. The third-order valence-electron chi connectivity index (χ3n) is 2.85. The van der Waals surface area contributed by atoms with Crippen LogP contribution in [-0.4, -0.2) is 0 Å². The standard InChI is InChI=1S/C16H22/c1-4-5-6-7-8-9-13-16-14(2)11-10-12-15(16)3/h10-12H,4-8H2,1-3H3. The van der Waals surface area contributed by atoms with Crippen molar-refractivity contribution >= 4 is 0 Å². The highest BCUT2D eigenvalue weighted by Gasteiger charge is 1.96. The number of benzene rings is 1. The molecule has 0 heterocycles. The molecule has 0 aliphatic rings. The fourth-order valence-corrected chi connectivity index (χ4v) is 1.80. The van der Waals surface area contributed by atoms with E-state index in [4.69, 9.17) is 0 Å². The first-order valence-corrected chi connectivity index (χ1v) is 6.30. The van der Waals surface area contributed by atoms with Gasteiger partial charge in [0.25, 0.3) is 0 Å². The molecule has 0 aromatic heterocycles. The predicted octanol–water partition coefficient (Wildman–Crippen LogP) is 4.63. The maximum atomic E-state index is 3.31. The summed E-state index contributed by atoms with van der Waals surface area (Å²) in [6.07, 6.45) is 6.23. The normalized spacial score (nSPS) is 9.69. The van der Waals surface area contributed by atoms with E-state index in [2.05, 4.69) is 50.8 Å². The van der Waals surface area contributed by atoms with Crippen LogP contribution in [0.25, 0.3) is 0 Å². The number of rotatable bonds is 4. The minimum Gasteiger partial charge on any atom is -0.0979 e. The second-order valence-corrected chi connectivity index (χ2v) is 4.38. The second-order valence-electron chi connectivity index (χ2n) is 4.38. The number of aryl methyl sites for hydroxylation is 2. The number of hydrogen-bond donors (Lipinski definition) is 0. The molecule has 0 unspecified atom stereocenters. The topological polar surface area (TPSA) is 0 Å². The SMILES string of the molecule is CCCCCCC#Cc1c(C)cccc1C. The largest absolute Gasteiger partial charge is 0.0979 e. The third-order valence-corrected chi connectivity index (χ3v) is 2.85. The van der Waals surface area contributed by atoms with E-state index in [0.29, 0.717) is 0 Å². The molecule has 0 amide bonds. The van der Waals surface area contributed by atoms with Gasteiger partial charge in [-0.3, -0.25) is 0 Å². The molecule has 0 atom stereocenters. The average molecular weight is 214 g/mol. The van der Waals surface area contributed by atoms with E-state index in [1.807, 2.05) is 0 Å². The molecule has 0 saturated carbocycles. The van der Waals surface area contributed by atoms with E-state index < -0.39 is 0 Å². The molecular formula is C16H22. The van der Waals surface area contributed by atoms with Crippen molar-refractivity contribution in [3.05, 3.63) is 34.9 Å². The van der Waals surface area contributed by atoms with Crippen LogP contribution in [0.5, 0.6) is 0 Å². The summed E-state index contributed by atoms with van der Waals surface area (Å²) in [4.78, 5) is 0. The highest BCUT2D eigenvalue weighted by atomic mass is 14.0. The van der Waals surface area contributed by atoms with Gasteiger partial charge in [-0.05, 0) is 31.4 Å². The molecule has 0 saturated heterocycles. The monoisotopic (exact) mass is 214 g/mol. The van der Waals surface area contributed by atoms with Gasteiger partial charge in [-0.15, -0.1) is 0 Å². The zero-order valence-corrected chi connectivity index (χ0v) is 10.8. The van der Waals surface area contributed by atoms with Gasteiger partial charge in [0, 0.05) is 12.0 Å². The van der Waals surface area contributed by atoms with Gasteiger partial charge in [0.15, 0.2) is 0 Å². The summed E-state index contributed by atoms with van der Waals surface area (Å²) >= 11 is 0. The van der Waals surface area contributed by atoms with Crippen LogP contribution >= 0.6 is 0 Å². The van der Waals surface area contributed by atoms with Gasteiger partial charge >= 0.3 is 0 Å². The molecule has 1 aromatic rings. The Morgan fingerprint density at radius 2 is 1.69 bits per heavy atom. The van der Waals surface area contributed by atoms with E-state index in [9.17, 15) is 0 Å². The zero-order chi connectivity index (χ0) is 11.8. The van der Waals surface area contributed by atoms with Crippen LogP contribution in [0.3, 0.4) is 0 Å². The third kappa shape index (κ3) is 4.11. The van der Waals surface area contributed by atoms with Gasteiger partial charge in [0.05, 0.1) is 0 Å². The lowest BCUT2D eigenvalue weighted by Crippen LogP contribution is -1.86. The highest BCUT2D eigenvalue weighted by molar-refractivity contribution is 5.46. The van der Waals surface area contributed by atoms with E-state index in [1.54, 1.807) is 0 Å². The Kier molecular flexibility index (Phi) is 5.72. The first kappa shape index (κ1) is 12.8. The molecule has 0 fully saturated rings. The van der Waals surface area contributed by atoms with Crippen LogP contribution in [0, 0.1) is 25.7 Å². The minimum absolute atomic E-state index is 1.04. The number of hydrogen-bond acceptors (Lipinski definition) is 0. The van der Waals surface area contributed by atoms with E-state index in [-0.39, 0.29) is 0 Å². The summed E-state index contributed by atoms with van der Waals surface area (Å²) in [6.45, 7) is 6.50. The Labute approximate surface area is 100 Å². The molecule has 0 heteroatoms. The lowest BCUT2D eigenvalue weighted by Gasteiger charge is -2.01. The van der Waals surface area contributed by atoms with Crippen LogP contribution in [0.15, 0.2) is 18.2 Å². The smallest absolute Gasteiger partial charge is 0.0303 e.